The number of furan rings is 1. The molecule has 2 fully saturated rings. The lowest BCUT2D eigenvalue weighted by Gasteiger charge is -2.26. The highest BCUT2D eigenvalue weighted by Gasteiger charge is 2.21. The minimum absolute atomic E-state index is 0.134. The lowest BCUT2D eigenvalue weighted by Crippen LogP contribution is -2.36. The van der Waals surface area contributed by atoms with E-state index in [1.807, 2.05) is 12.1 Å². The number of nitriles is 1. The Labute approximate surface area is 135 Å². The van der Waals surface area contributed by atoms with Crippen molar-refractivity contribution < 1.29 is 13.9 Å². The van der Waals surface area contributed by atoms with E-state index in [4.69, 9.17) is 9.15 Å². The first kappa shape index (κ1) is 15.6. The molecule has 3 heterocycles. The molecule has 2 saturated heterocycles. The normalized spacial score (nSPS) is 19.5. The number of morpholine rings is 1. The van der Waals surface area contributed by atoms with Gasteiger partial charge in [0.15, 0.2) is 5.88 Å². The van der Waals surface area contributed by atoms with E-state index in [9.17, 15) is 10.1 Å². The summed E-state index contributed by atoms with van der Waals surface area (Å²) in [6.07, 6.45) is 4.70. The minimum Gasteiger partial charge on any atom is -0.441 e. The quantitative estimate of drug-likeness (QED) is 0.630. The number of ether oxygens (including phenoxy) is 1. The molecule has 0 saturated carbocycles. The van der Waals surface area contributed by atoms with Crippen LogP contribution < -0.4 is 4.90 Å². The standard InChI is InChI=1S/C17H21N3O3/c18-13-14(17(21)20-6-2-1-3-7-20)12-15-4-5-16(23-15)19-8-10-22-11-9-19/h4-5,12H,1-3,6-11H2/b14-12-. The van der Waals surface area contributed by atoms with E-state index in [2.05, 4.69) is 4.90 Å². The van der Waals surface area contributed by atoms with Crippen LogP contribution in [0.25, 0.3) is 6.08 Å². The molecule has 0 radical (unpaired) electrons. The van der Waals surface area contributed by atoms with Crippen LogP contribution in [-0.4, -0.2) is 50.2 Å². The summed E-state index contributed by atoms with van der Waals surface area (Å²) in [7, 11) is 0. The first-order chi connectivity index (χ1) is 11.3. The Balaban J connectivity index is 1.72. The smallest absolute Gasteiger partial charge is 0.264 e. The second kappa shape index (κ2) is 7.34. The molecule has 1 aromatic rings. The number of piperidine rings is 1. The molecule has 3 rings (SSSR count). The van der Waals surface area contributed by atoms with Crippen molar-refractivity contribution in [2.75, 3.05) is 44.3 Å². The molecule has 2 aliphatic rings. The predicted molar refractivity (Wildman–Crippen MR) is 85.8 cm³/mol. The lowest BCUT2D eigenvalue weighted by atomic mass is 10.1. The minimum atomic E-state index is -0.198. The number of carbonyl (C=O) groups is 1. The van der Waals surface area contributed by atoms with Crippen molar-refractivity contribution in [1.29, 1.82) is 5.26 Å². The van der Waals surface area contributed by atoms with Gasteiger partial charge in [-0.15, -0.1) is 0 Å². The first-order valence-corrected chi connectivity index (χ1v) is 8.11. The van der Waals surface area contributed by atoms with Gasteiger partial charge in [-0.3, -0.25) is 4.79 Å². The van der Waals surface area contributed by atoms with Crippen LogP contribution in [0.1, 0.15) is 25.0 Å². The number of carbonyl (C=O) groups excluding carboxylic acids is 1. The Hall–Kier alpha value is -2.26. The molecule has 122 valence electrons. The molecule has 23 heavy (non-hydrogen) atoms. The van der Waals surface area contributed by atoms with Gasteiger partial charge in [0, 0.05) is 38.3 Å². The number of amides is 1. The molecule has 1 amide bonds. The number of rotatable bonds is 3. The second-order valence-corrected chi connectivity index (χ2v) is 5.80. The molecule has 1 aromatic heterocycles. The summed E-state index contributed by atoms with van der Waals surface area (Å²) >= 11 is 0. The predicted octanol–water partition coefficient (Wildman–Crippen LogP) is 2.04. The first-order valence-electron chi connectivity index (χ1n) is 8.11. The van der Waals surface area contributed by atoms with Gasteiger partial charge in [-0.25, -0.2) is 0 Å². The Kier molecular flexibility index (Phi) is 4.99. The van der Waals surface area contributed by atoms with Crippen molar-refractivity contribution >= 4 is 17.9 Å². The Morgan fingerprint density at radius 1 is 1.13 bits per heavy atom. The third-order valence-electron chi connectivity index (χ3n) is 4.22. The largest absolute Gasteiger partial charge is 0.441 e. The fourth-order valence-corrected chi connectivity index (χ4v) is 2.92. The van der Waals surface area contributed by atoms with E-state index in [1.54, 1.807) is 17.0 Å². The van der Waals surface area contributed by atoms with Gasteiger partial charge < -0.3 is 19.0 Å². The summed E-state index contributed by atoms with van der Waals surface area (Å²) in [4.78, 5) is 16.3. The van der Waals surface area contributed by atoms with E-state index in [1.165, 1.54) is 0 Å². The Morgan fingerprint density at radius 3 is 2.57 bits per heavy atom. The number of nitrogens with zero attached hydrogens (tertiary/aromatic N) is 3. The molecule has 0 aromatic carbocycles. The lowest BCUT2D eigenvalue weighted by molar-refractivity contribution is -0.127. The van der Waals surface area contributed by atoms with Gasteiger partial charge >= 0.3 is 0 Å². The summed E-state index contributed by atoms with van der Waals surface area (Å²) in [5, 5.41) is 9.31. The molecule has 0 spiro atoms. The van der Waals surface area contributed by atoms with Gasteiger partial charge in [0.1, 0.15) is 17.4 Å². The van der Waals surface area contributed by atoms with Crippen molar-refractivity contribution in [3.05, 3.63) is 23.5 Å². The maximum atomic E-state index is 12.4. The van der Waals surface area contributed by atoms with E-state index in [0.717, 1.165) is 51.3 Å². The molecule has 0 N–H and O–H groups in total. The molecule has 0 aliphatic carbocycles. The van der Waals surface area contributed by atoms with Crippen molar-refractivity contribution in [1.82, 2.24) is 4.90 Å². The zero-order valence-corrected chi connectivity index (χ0v) is 13.2. The summed E-state index contributed by atoms with van der Waals surface area (Å²) in [5.41, 5.74) is 0.134. The van der Waals surface area contributed by atoms with Crippen LogP contribution in [0.15, 0.2) is 22.1 Å². The van der Waals surface area contributed by atoms with Crippen molar-refractivity contribution in [3.63, 3.8) is 0 Å². The topological polar surface area (TPSA) is 69.7 Å². The molecular formula is C17H21N3O3. The van der Waals surface area contributed by atoms with E-state index in [0.29, 0.717) is 19.0 Å². The van der Waals surface area contributed by atoms with Crippen LogP contribution in [0.2, 0.25) is 0 Å². The number of hydrogen-bond donors (Lipinski definition) is 0. The van der Waals surface area contributed by atoms with Gasteiger partial charge in [-0.1, -0.05) is 0 Å². The van der Waals surface area contributed by atoms with Crippen LogP contribution in [0, 0.1) is 11.3 Å². The molecule has 0 unspecified atom stereocenters. The van der Waals surface area contributed by atoms with Crippen LogP contribution in [0.4, 0.5) is 5.88 Å². The average Bonchev–Trinajstić information content (AvgIpc) is 3.09. The summed E-state index contributed by atoms with van der Waals surface area (Å²) in [5.74, 6) is 1.09. The zero-order chi connectivity index (χ0) is 16.1. The van der Waals surface area contributed by atoms with E-state index >= 15 is 0 Å². The highest BCUT2D eigenvalue weighted by Crippen LogP contribution is 2.22. The van der Waals surface area contributed by atoms with Crippen molar-refractivity contribution in [2.24, 2.45) is 0 Å². The third kappa shape index (κ3) is 3.74. The van der Waals surface area contributed by atoms with Crippen molar-refractivity contribution in [2.45, 2.75) is 19.3 Å². The van der Waals surface area contributed by atoms with Gasteiger partial charge in [0.25, 0.3) is 5.91 Å². The zero-order valence-electron chi connectivity index (χ0n) is 13.2. The average molecular weight is 315 g/mol. The highest BCUT2D eigenvalue weighted by atomic mass is 16.5. The number of hydrogen-bond acceptors (Lipinski definition) is 5. The summed E-state index contributed by atoms with van der Waals surface area (Å²) < 4.78 is 11.1. The molecule has 6 nitrogen and oxygen atoms in total. The molecule has 2 aliphatic heterocycles. The van der Waals surface area contributed by atoms with Crippen LogP contribution in [-0.2, 0) is 9.53 Å². The maximum absolute atomic E-state index is 12.4. The summed E-state index contributed by atoms with van der Waals surface area (Å²) in [6.45, 7) is 4.40. The Bertz CT molecular complexity index is 617. The molecule has 0 bridgehead atoms. The monoisotopic (exact) mass is 315 g/mol. The number of likely N-dealkylation sites (tertiary alicyclic amines) is 1. The fourth-order valence-electron chi connectivity index (χ4n) is 2.92. The summed E-state index contributed by atoms with van der Waals surface area (Å²) in [6, 6.07) is 5.68. The van der Waals surface area contributed by atoms with Gasteiger partial charge in [0.2, 0.25) is 0 Å². The molecular weight excluding hydrogens is 294 g/mol. The van der Waals surface area contributed by atoms with E-state index in [-0.39, 0.29) is 11.5 Å². The van der Waals surface area contributed by atoms with Crippen molar-refractivity contribution in [3.8, 4) is 6.07 Å². The molecule has 6 heteroatoms. The fraction of sp³-hybridized carbons (Fsp3) is 0.529. The van der Waals surface area contributed by atoms with E-state index < -0.39 is 0 Å². The molecule has 0 atom stereocenters. The van der Waals surface area contributed by atoms with Crippen LogP contribution >= 0.6 is 0 Å². The maximum Gasteiger partial charge on any atom is 0.264 e. The van der Waals surface area contributed by atoms with Gasteiger partial charge in [-0.05, 0) is 25.3 Å². The van der Waals surface area contributed by atoms with Gasteiger partial charge in [0.05, 0.1) is 13.2 Å². The SMILES string of the molecule is N#C/C(=C/c1ccc(N2CCOCC2)o1)C(=O)N1CCCCC1. The third-order valence-corrected chi connectivity index (χ3v) is 4.22. The van der Waals surface area contributed by atoms with Gasteiger partial charge in [-0.2, -0.15) is 5.26 Å². The number of anilines is 1. The van der Waals surface area contributed by atoms with Crippen LogP contribution in [0.5, 0.6) is 0 Å². The Morgan fingerprint density at radius 2 is 1.87 bits per heavy atom. The highest BCUT2D eigenvalue weighted by molar-refractivity contribution is 6.01. The second-order valence-electron chi connectivity index (χ2n) is 5.80. The van der Waals surface area contributed by atoms with Crippen LogP contribution in [0.3, 0.4) is 0 Å².